The van der Waals surface area contributed by atoms with Crippen molar-refractivity contribution < 1.29 is 0 Å². The summed E-state index contributed by atoms with van der Waals surface area (Å²) in [5.41, 5.74) is 1.39. The molecule has 0 saturated heterocycles. The SMILES string of the molecule is CC1(C)CCCC2CC21C. The Kier molecular flexibility index (Phi) is 1.07. The van der Waals surface area contributed by atoms with Gasteiger partial charge in [-0.1, -0.05) is 27.2 Å². The van der Waals surface area contributed by atoms with Crippen molar-refractivity contribution in [2.45, 2.75) is 46.5 Å². The highest BCUT2D eigenvalue weighted by Gasteiger charge is 2.60. The lowest BCUT2D eigenvalue weighted by atomic mass is 9.68. The molecular formula is C10H18. The second kappa shape index (κ2) is 1.60. The maximum atomic E-state index is 2.48. The van der Waals surface area contributed by atoms with Gasteiger partial charge in [-0.15, -0.1) is 0 Å². The summed E-state index contributed by atoms with van der Waals surface area (Å²) in [4.78, 5) is 0. The monoisotopic (exact) mass is 138 g/mol. The largest absolute Gasteiger partial charge is 0.0594 e. The average Bonchev–Trinajstić information content (AvgIpc) is 2.42. The van der Waals surface area contributed by atoms with Crippen molar-refractivity contribution >= 4 is 0 Å². The van der Waals surface area contributed by atoms with Crippen LogP contribution in [0.2, 0.25) is 0 Å². The maximum absolute atomic E-state index is 2.48. The lowest BCUT2D eigenvalue weighted by Crippen LogP contribution is -2.27. The van der Waals surface area contributed by atoms with Crippen molar-refractivity contribution in [1.82, 2.24) is 0 Å². The summed E-state index contributed by atoms with van der Waals surface area (Å²) in [6, 6.07) is 0. The van der Waals surface area contributed by atoms with Crippen LogP contribution >= 0.6 is 0 Å². The molecule has 10 heavy (non-hydrogen) atoms. The van der Waals surface area contributed by atoms with Crippen LogP contribution in [0.15, 0.2) is 0 Å². The van der Waals surface area contributed by atoms with E-state index in [1.165, 1.54) is 25.7 Å². The highest BCUT2D eigenvalue weighted by atomic mass is 14.6. The van der Waals surface area contributed by atoms with Crippen LogP contribution in [0.3, 0.4) is 0 Å². The van der Waals surface area contributed by atoms with Gasteiger partial charge in [0.1, 0.15) is 0 Å². The lowest BCUT2D eigenvalue weighted by Gasteiger charge is -2.37. The molecule has 2 fully saturated rings. The molecule has 0 N–H and O–H groups in total. The predicted octanol–water partition coefficient (Wildman–Crippen LogP) is 3.22. The first-order valence-corrected chi connectivity index (χ1v) is 4.56. The van der Waals surface area contributed by atoms with E-state index >= 15 is 0 Å². The predicted molar refractivity (Wildman–Crippen MR) is 43.8 cm³/mol. The molecule has 2 aliphatic carbocycles. The van der Waals surface area contributed by atoms with E-state index in [1.807, 2.05) is 0 Å². The van der Waals surface area contributed by atoms with Gasteiger partial charge < -0.3 is 0 Å². The van der Waals surface area contributed by atoms with Gasteiger partial charge in [0.15, 0.2) is 0 Å². The first-order valence-electron chi connectivity index (χ1n) is 4.56. The summed E-state index contributed by atoms with van der Waals surface area (Å²) in [6.45, 7) is 7.38. The fourth-order valence-corrected chi connectivity index (χ4v) is 2.78. The van der Waals surface area contributed by atoms with Crippen molar-refractivity contribution in [3.05, 3.63) is 0 Å². The van der Waals surface area contributed by atoms with Gasteiger partial charge in [0, 0.05) is 0 Å². The van der Waals surface area contributed by atoms with Crippen molar-refractivity contribution in [3.63, 3.8) is 0 Å². The molecule has 2 rings (SSSR count). The van der Waals surface area contributed by atoms with Gasteiger partial charge in [0.05, 0.1) is 0 Å². The first kappa shape index (κ1) is 6.69. The van der Waals surface area contributed by atoms with Gasteiger partial charge >= 0.3 is 0 Å². The molecular weight excluding hydrogens is 120 g/mol. The molecule has 0 bridgehead atoms. The number of rotatable bonds is 0. The summed E-state index contributed by atoms with van der Waals surface area (Å²) >= 11 is 0. The fourth-order valence-electron chi connectivity index (χ4n) is 2.78. The van der Waals surface area contributed by atoms with E-state index in [0.29, 0.717) is 5.41 Å². The van der Waals surface area contributed by atoms with Crippen LogP contribution in [0.4, 0.5) is 0 Å². The van der Waals surface area contributed by atoms with Crippen LogP contribution in [-0.2, 0) is 0 Å². The van der Waals surface area contributed by atoms with Gasteiger partial charge in [-0.3, -0.25) is 0 Å². The van der Waals surface area contributed by atoms with E-state index in [2.05, 4.69) is 20.8 Å². The fraction of sp³-hybridized carbons (Fsp3) is 1.00. The molecule has 0 radical (unpaired) electrons. The smallest absolute Gasteiger partial charge is 0.0243 e. The first-order chi connectivity index (χ1) is 4.56. The molecule has 2 unspecified atom stereocenters. The van der Waals surface area contributed by atoms with Crippen molar-refractivity contribution in [1.29, 1.82) is 0 Å². The molecule has 0 heteroatoms. The lowest BCUT2D eigenvalue weighted by molar-refractivity contribution is 0.132. The molecule has 0 heterocycles. The highest BCUT2D eigenvalue weighted by molar-refractivity contribution is 5.09. The Morgan fingerprint density at radius 3 is 2.40 bits per heavy atom. The van der Waals surface area contributed by atoms with E-state index in [-0.39, 0.29) is 0 Å². The highest BCUT2D eigenvalue weighted by Crippen LogP contribution is 2.69. The molecule has 0 aromatic rings. The van der Waals surface area contributed by atoms with Crippen molar-refractivity contribution in [2.24, 2.45) is 16.7 Å². The number of fused-ring (bicyclic) bond motifs is 1. The molecule has 0 aliphatic heterocycles. The maximum Gasteiger partial charge on any atom is -0.0243 e. The Morgan fingerprint density at radius 1 is 1.20 bits per heavy atom. The Bertz CT molecular complexity index is 155. The zero-order valence-electron chi connectivity index (χ0n) is 7.41. The standard InChI is InChI=1S/C10H18/c1-9(2)6-4-5-8-7-10(8,9)3/h8H,4-7H2,1-3H3. The quantitative estimate of drug-likeness (QED) is 0.482. The van der Waals surface area contributed by atoms with E-state index in [9.17, 15) is 0 Å². The van der Waals surface area contributed by atoms with Crippen LogP contribution in [0.1, 0.15) is 46.5 Å². The number of hydrogen-bond acceptors (Lipinski definition) is 0. The Balaban J connectivity index is 2.21. The summed E-state index contributed by atoms with van der Waals surface area (Å²) in [7, 11) is 0. The zero-order chi connectivity index (χ0) is 7.41. The van der Waals surface area contributed by atoms with Crippen molar-refractivity contribution in [2.75, 3.05) is 0 Å². The van der Waals surface area contributed by atoms with Gasteiger partial charge in [-0.2, -0.15) is 0 Å². The average molecular weight is 138 g/mol. The van der Waals surface area contributed by atoms with Crippen LogP contribution in [0, 0.1) is 16.7 Å². The molecule has 0 aromatic carbocycles. The summed E-state index contributed by atoms with van der Waals surface area (Å²) in [5, 5.41) is 0. The van der Waals surface area contributed by atoms with Crippen LogP contribution in [0.25, 0.3) is 0 Å². The second-order valence-electron chi connectivity index (χ2n) is 5.09. The minimum Gasteiger partial charge on any atom is -0.0594 e. The zero-order valence-corrected chi connectivity index (χ0v) is 7.41. The topological polar surface area (TPSA) is 0 Å². The van der Waals surface area contributed by atoms with Crippen LogP contribution in [0.5, 0.6) is 0 Å². The normalized spacial score (nSPS) is 50.1. The van der Waals surface area contributed by atoms with Gasteiger partial charge in [-0.25, -0.2) is 0 Å². The van der Waals surface area contributed by atoms with E-state index in [1.54, 1.807) is 0 Å². The summed E-state index contributed by atoms with van der Waals surface area (Å²) < 4.78 is 0. The van der Waals surface area contributed by atoms with E-state index < -0.39 is 0 Å². The Hall–Kier alpha value is 0. The third kappa shape index (κ3) is 0.627. The summed E-state index contributed by atoms with van der Waals surface area (Å²) in [6.07, 6.45) is 5.97. The molecule has 58 valence electrons. The van der Waals surface area contributed by atoms with Gasteiger partial charge in [-0.05, 0) is 36.0 Å². The minimum atomic E-state index is 0.649. The Morgan fingerprint density at radius 2 is 1.90 bits per heavy atom. The third-order valence-electron chi connectivity index (χ3n) is 4.31. The van der Waals surface area contributed by atoms with Crippen molar-refractivity contribution in [3.8, 4) is 0 Å². The molecule has 0 nitrogen and oxygen atoms in total. The van der Waals surface area contributed by atoms with Gasteiger partial charge in [0.25, 0.3) is 0 Å². The summed E-state index contributed by atoms with van der Waals surface area (Å²) in [5.74, 6) is 1.09. The third-order valence-corrected chi connectivity index (χ3v) is 4.31. The molecule has 2 atom stereocenters. The molecule has 0 aromatic heterocycles. The molecule has 2 saturated carbocycles. The van der Waals surface area contributed by atoms with Gasteiger partial charge in [0.2, 0.25) is 0 Å². The molecule has 2 aliphatic rings. The Labute approximate surface area is 64.0 Å². The van der Waals surface area contributed by atoms with E-state index in [4.69, 9.17) is 0 Å². The number of hydrogen-bond donors (Lipinski definition) is 0. The van der Waals surface area contributed by atoms with E-state index in [0.717, 1.165) is 11.3 Å². The molecule has 0 spiro atoms. The minimum absolute atomic E-state index is 0.649. The van der Waals surface area contributed by atoms with Crippen LogP contribution in [-0.4, -0.2) is 0 Å². The molecule has 0 amide bonds. The van der Waals surface area contributed by atoms with Crippen LogP contribution < -0.4 is 0 Å². The second-order valence-corrected chi connectivity index (χ2v) is 5.09.